The van der Waals surface area contributed by atoms with Crippen LogP contribution in [0.1, 0.15) is 78.1 Å². The van der Waals surface area contributed by atoms with Crippen LogP contribution in [0.5, 0.6) is 0 Å². The largest absolute Gasteiger partial charge is 0.389 e. The van der Waals surface area contributed by atoms with E-state index in [-0.39, 0.29) is 0 Å². The van der Waals surface area contributed by atoms with Crippen molar-refractivity contribution in [3.8, 4) is 0 Å². The van der Waals surface area contributed by atoms with Crippen LogP contribution in [0, 0.1) is 11.8 Å². The highest BCUT2D eigenvalue weighted by molar-refractivity contribution is 4.88. The van der Waals surface area contributed by atoms with Crippen molar-refractivity contribution in [1.82, 2.24) is 5.32 Å². The Morgan fingerprint density at radius 3 is 2.32 bits per heavy atom. The summed E-state index contributed by atoms with van der Waals surface area (Å²) in [5, 5.41) is 13.9. The van der Waals surface area contributed by atoms with Gasteiger partial charge in [0.1, 0.15) is 0 Å². The van der Waals surface area contributed by atoms with Crippen LogP contribution in [0.15, 0.2) is 0 Å². The van der Waals surface area contributed by atoms with Crippen LogP contribution in [0.2, 0.25) is 0 Å². The second-order valence-electron chi connectivity index (χ2n) is 7.18. The molecule has 2 fully saturated rings. The van der Waals surface area contributed by atoms with Crippen molar-refractivity contribution in [2.75, 3.05) is 6.54 Å². The molecule has 0 aromatic carbocycles. The first-order valence-electron chi connectivity index (χ1n) is 8.58. The maximum Gasteiger partial charge on any atom is 0.0741 e. The van der Waals surface area contributed by atoms with Gasteiger partial charge in [0.15, 0.2) is 0 Å². The molecule has 0 spiro atoms. The Hall–Kier alpha value is -0.0800. The summed E-state index contributed by atoms with van der Waals surface area (Å²) in [6.45, 7) is 4.79. The van der Waals surface area contributed by atoms with Crippen LogP contribution in [0.3, 0.4) is 0 Å². The molecule has 0 heterocycles. The van der Waals surface area contributed by atoms with Crippen LogP contribution in [-0.4, -0.2) is 23.3 Å². The number of hydrogen-bond donors (Lipinski definition) is 2. The summed E-state index contributed by atoms with van der Waals surface area (Å²) in [7, 11) is 0. The molecule has 0 radical (unpaired) electrons. The lowest BCUT2D eigenvalue weighted by Gasteiger charge is -2.40. The Labute approximate surface area is 119 Å². The fourth-order valence-electron chi connectivity index (χ4n) is 4.02. The lowest BCUT2D eigenvalue weighted by molar-refractivity contribution is 0.0432. The molecular weight excluding hydrogens is 234 g/mol. The van der Waals surface area contributed by atoms with Gasteiger partial charge in [-0.25, -0.2) is 0 Å². The topological polar surface area (TPSA) is 32.3 Å². The van der Waals surface area contributed by atoms with Gasteiger partial charge >= 0.3 is 0 Å². The SMILES string of the molecule is CCC(C)(O)CNC1CCCCC1C1CCCCC1. The smallest absolute Gasteiger partial charge is 0.0741 e. The molecule has 0 amide bonds. The molecule has 19 heavy (non-hydrogen) atoms. The maximum absolute atomic E-state index is 10.2. The van der Waals surface area contributed by atoms with E-state index >= 15 is 0 Å². The van der Waals surface area contributed by atoms with Gasteiger partial charge in [-0.05, 0) is 38.0 Å². The molecule has 0 aromatic heterocycles. The van der Waals surface area contributed by atoms with Crippen LogP contribution >= 0.6 is 0 Å². The van der Waals surface area contributed by atoms with E-state index in [1.807, 2.05) is 6.92 Å². The molecule has 0 aromatic rings. The van der Waals surface area contributed by atoms with Gasteiger partial charge < -0.3 is 10.4 Å². The van der Waals surface area contributed by atoms with Crippen LogP contribution in [0.4, 0.5) is 0 Å². The summed E-state index contributed by atoms with van der Waals surface area (Å²) in [5.74, 6) is 1.83. The number of aliphatic hydroxyl groups is 1. The second-order valence-corrected chi connectivity index (χ2v) is 7.18. The molecule has 2 heteroatoms. The first-order valence-corrected chi connectivity index (χ1v) is 8.58. The van der Waals surface area contributed by atoms with Gasteiger partial charge in [-0.2, -0.15) is 0 Å². The Balaban J connectivity index is 1.88. The summed E-state index contributed by atoms with van der Waals surface area (Å²) < 4.78 is 0. The Bertz CT molecular complexity index is 258. The fraction of sp³-hybridized carbons (Fsp3) is 1.00. The molecule has 2 aliphatic carbocycles. The zero-order valence-electron chi connectivity index (χ0n) is 13.0. The van der Waals surface area contributed by atoms with Gasteiger partial charge in [0.05, 0.1) is 5.60 Å². The van der Waals surface area contributed by atoms with Gasteiger partial charge in [0.25, 0.3) is 0 Å². The van der Waals surface area contributed by atoms with E-state index in [2.05, 4.69) is 12.2 Å². The first kappa shape index (κ1) is 15.3. The fourth-order valence-corrected chi connectivity index (χ4v) is 4.02. The molecule has 2 N–H and O–H groups in total. The van der Waals surface area contributed by atoms with Crippen molar-refractivity contribution >= 4 is 0 Å². The standard InChI is InChI=1S/C17H33NO/c1-3-17(2,19)13-18-16-12-8-7-11-15(16)14-9-5-4-6-10-14/h14-16,18-19H,3-13H2,1-2H3. The molecule has 2 nitrogen and oxygen atoms in total. The summed E-state index contributed by atoms with van der Waals surface area (Å²) in [6, 6.07) is 0.662. The molecule has 0 saturated heterocycles. The Morgan fingerprint density at radius 1 is 1.00 bits per heavy atom. The average molecular weight is 267 g/mol. The Morgan fingerprint density at radius 2 is 1.63 bits per heavy atom. The molecular formula is C17H33NO. The zero-order chi connectivity index (χ0) is 13.7. The van der Waals surface area contributed by atoms with Crippen LogP contribution in [0.25, 0.3) is 0 Å². The van der Waals surface area contributed by atoms with Crippen LogP contribution in [-0.2, 0) is 0 Å². The molecule has 3 atom stereocenters. The third kappa shape index (κ3) is 4.46. The molecule has 2 rings (SSSR count). The van der Waals surface area contributed by atoms with Gasteiger partial charge in [0.2, 0.25) is 0 Å². The zero-order valence-corrected chi connectivity index (χ0v) is 13.0. The van der Waals surface area contributed by atoms with Crippen molar-refractivity contribution in [2.45, 2.75) is 89.7 Å². The highest BCUT2D eigenvalue weighted by atomic mass is 16.3. The minimum absolute atomic E-state index is 0.533. The quantitative estimate of drug-likeness (QED) is 0.792. The van der Waals surface area contributed by atoms with Crippen molar-refractivity contribution in [1.29, 1.82) is 0 Å². The first-order chi connectivity index (χ1) is 9.12. The lowest BCUT2D eigenvalue weighted by Crippen LogP contribution is -2.48. The summed E-state index contributed by atoms with van der Waals surface area (Å²) in [6.07, 6.45) is 13.6. The number of hydrogen-bond acceptors (Lipinski definition) is 2. The summed E-state index contributed by atoms with van der Waals surface area (Å²) >= 11 is 0. The van der Waals surface area contributed by atoms with Crippen molar-refractivity contribution < 1.29 is 5.11 Å². The lowest BCUT2D eigenvalue weighted by atomic mass is 9.71. The van der Waals surface area contributed by atoms with Crippen molar-refractivity contribution in [2.24, 2.45) is 11.8 Å². The highest BCUT2D eigenvalue weighted by Crippen LogP contribution is 2.38. The third-order valence-electron chi connectivity index (χ3n) is 5.58. The van der Waals surface area contributed by atoms with Gasteiger partial charge in [-0.15, -0.1) is 0 Å². The summed E-state index contributed by atoms with van der Waals surface area (Å²) in [4.78, 5) is 0. The summed E-state index contributed by atoms with van der Waals surface area (Å²) in [5.41, 5.74) is -0.533. The van der Waals surface area contributed by atoms with E-state index in [1.54, 1.807) is 0 Å². The highest BCUT2D eigenvalue weighted by Gasteiger charge is 2.33. The molecule has 0 aliphatic heterocycles. The molecule has 2 aliphatic rings. The second kappa shape index (κ2) is 7.08. The van der Waals surface area contributed by atoms with Crippen molar-refractivity contribution in [3.05, 3.63) is 0 Å². The predicted octanol–water partition coefficient (Wildman–Crippen LogP) is 3.88. The molecule has 0 bridgehead atoms. The molecule has 2 saturated carbocycles. The number of rotatable bonds is 5. The van der Waals surface area contributed by atoms with E-state index < -0.39 is 5.60 Å². The molecule has 112 valence electrons. The average Bonchev–Trinajstić information content (AvgIpc) is 2.46. The number of nitrogens with one attached hydrogen (secondary N) is 1. The van der Waals surface area contributed by atoms with E-state index in [0.717, 1.165) is 24.8 Å². The van der Waals surface area contributed by atoms with Crippen molar-refractivity contribution in [3.63, 3.8) is 0 Å². The van der Waals surface area contributed by atoms with E-state index in [0.29, 0.717) is 6.04 Å². The van der Waals surface area contributed by atoms with E-state index in [4.69, 9.17) is 0 Å². The van der Waals surface area contributed by atoms with Gasteiger partial charge in [-0.1, -0.05) is 51.9 Å². The minimum Gasteiger partial charge on any atom is -0.389 e. The predicted molar refractivity (Wildman–Crippen MR) is 81.2 cm³/mol. The Kier molecular flexibility index (Phi) is 5.70. The third-order valence-corrected chi connectivity index (χ3v) is 5.58. The van der Waals surface area contributed by atoms with E-state index in [1.165, 1.54) is 57.8 Å². The minimum atomic E-state index is -0.533. The normalized spacial score (nSPS) is 33.0. The van der Waals surface area contributed by atoms with Gasteiger partial charge in [0, 0.05) is 12.6 Å². The van der Waals surface area contributed by atoms with E-state index in [9.17, 15) is 5.11 Å². The maximum atomic E-state index is 10.2. The van der Waals surface area contributed by atoms with Crippen LogP contribution < -0.4 is 5.32 Å². The molecule has 3 unspecified atom stereocenters. The van der Waals surface area contributed by atoms with Gasteiger partial charge in [-0.3, -0.25) is 0 Å². The monoisotopic (exact) mass is 267 g/mol.